The Morgan fingerprint density at radius 1 is 1.53 bits per heavy atom. The van der Waals surface area contributed by atoms with E-state index in [4.69, 9.17) is 16.9 Å². The van der Waals surface area contributed by atoms with Gasteiger partial charge < -0.3 is 0 Å². The minimum Gasteiger partial charge on any atom is -0.299 e. The van der Waals surface area contributed by atoms with Gasteiger partial charge in [-0.3, -0.25) is 9.36 Å². The van der Waals surface area contributed by atoms with E-state index in [1.807, 2.05) is 18.4 Å². The molecule has 1 heterocycles. The van der Waals surface area contributed by atoms with Crippen molar-refractivity contribution in [2.24, 2.45) is 0 Å². The lowest BCUT2D eigenvalue weighted by atomic mass is 10.1. The molecule has 5 heteroatoms. The highest BCUT2D eigenvalue weighted by Gasteiger charge is 2.07. The van der Waals surface area contributed by atoms with E-state index < -0.39 is 0 Å². The predicted octanol–water partition coefficient (Wildman–Crippen LogP) is 2.79. The predicted molar refractivity (Wildman–Crippen MR) is 68.6 cm³/mol. The molecule has 0 fully saturated rings. The molecule has 0 aliphatic carbocycles. The van der Waals surface area contributed by atoms with E-state index in [1.165, 1.54) is 11.3 Å². The molecule has 1 aromatic carbocycles. The standard InChI is InChI=1S/C12H9ClN2OS/c1-8-7-17-12(16)15(8)6-10-3-2-9(5-14)4-11(10)13/h2-4,7H,6H2,1H3. The second-order valence-corrected chi connectivity index (χ2v) is 4.87. The summed E-state index contributed by atoms with van der Waals surface area (Å²) >= 11 is 7.24. The molecule has 2 rings (SSSR count). The number of rotatable bonds is 2. The number of thiazole rings is 1. The Labute approximate surface area is 108 Å². The minimum absolute atomic E-state index is 0.00271. The van der Waals surface area contributed by atoms with Gasteiger partial charge in [-0.05, 0) is 24.6 Å². The third-order valence-corrected chi connectivity index (χ3v) is 3.72. The third-order valence-electron chi connectivity index (χ3n) is 2.49. The summed E-state index contributed by atoms with van der Waals surface area (Å²) in [5.41, 5.74) is 2.28. The van der Waals surface area contributed by atoms with Crippen LogP contribution in [-0.4, -0.2) is 4.57 Å². The number of aryl methyl sites for hydroxylation is 1. The van der Waals surface area contributed by atoms with Gasteiger partial charge in [0.05, 0.1) is 18.2 Å². The van der Waals surface area contributed by atoms with Gasteiger partial charge in [-0.2, -0.15) is 5.26 Å². The van der Waals surface area contributed by atoms with Crippen LogP contribution in [0.1, 0.15) is 16.8 Å². The number of benzene rings is 1. The maximum absolute atomic E-state index is 11.6. The molecule has 0 aliphatic heterocycles. The van der Waals surface area contributed by atoms with Gasteiger partial charge in [0.25, 0.3) is 0 Å². The zero-order valence-corrected chi connectivity index (χ0v) is 10.7. The molecule has 1 aromatic heterocycles. The number of nitriles is 1. The van der Waals surface area contributed by atoms with Crippen LogP contribution in [0.3, 0.4) is 0 Å². The molecule has 0 saturated carbocycles. The first kappa shape index (κ1) is 11.9. The van der Waals surface area contributed by atoms with Crippen LogP contribution >= 0.6 is 22.9 Å². The van der Waals surface area contributed by atoms with E-state index in [1.54, 1.807) is 22.8 Å². The molecule has 0 bridgehead atoms. The van der Waals surface area contributed by atoms with Crippen molar-refractivity contribution in [2.75, 3.05) is 0 Å². The van der Waals surface area contributed by atoms with Crippen LogP contribution in [0.2, 0.25) is 5.02 Å². The fourth-order valence-electron chi connectivity index (χ4n) is 1.51. The van der Waals surface area contributed by atoms with Crippen molar-refractivity contribution in [2.45, 2.75) is 13.5 Å². The van der Waals surface area contributed by atoms with E-state index in [0.29, 0.717) is 17.1 Å². The van der Waals surface area contributed by atoms with Crippen LogP contribution < -0.4 is 4.87 Å². The van der Waals surface area contributed by atoms with Gasteiger partial charge in [0.1, 0.15) is 0 Å². The monoisotopic (exact) mass is 264 g/mol. The zero-order chi connectivity index (χ0) is 12.4. The lowest BCUT2D eigenvalue weighted by Gasteiger charge is -2.06. The van der Waals surface area contributed by atoms with Gasteiger partial charge >= 0.3 is 4.87 Å². The number of nitrogens with zero attached hydrogens (tertiary/aromatic N) is 2. The molecule has 0 radical (unpaired) electrons. The Morgan fingerprint density at radius 3 is 2.82 bits per heavy atom. The van der Waals surface area contributed by atoms with E-state index in [2.05, 4.69) is 0 Å². The highest BCUT2D eigenvalue weighted by molar-refractivity contribution is 7.07. The largest absolute Gasteiger partial charge is 0.307 e. The Kier molecular flexibility index (Phi) is 3.32. The summed E-state index contributed by atoms with van der Waals surface area (Å²) < 4.78 is 1.66. The highest BCUT2D eigenvalue weighted by atomic mass is 35.5. The molecule has 0 aliphatic rings. The molecule has 0 spiro atoms. The maximum atomic E-state index is 11.6. The molecule has 2 aromatic rings. The van der Waals surface area contributed by atoms with Crippen LogP contribution in [-0.2, 0) is 6.54 Å². The SMILES string of the molecule is Cc1csc(=O)n1Cc1ccc(C#N)cc1Cl. The summed E-state index contributed by atoms with van der Waals surface area (Å²) in [7, 11) is 0. The normalized spacial score (nSPS) is 10.2. The molecule has 86 valence electrons. The average molecular weight is 265 g/mol. The van der Waals surface area contributed by atoms with Crippen LogP contribution in [0.25, 0.3) is 0 Å². The van der Waals surface area contributed by atoms with E-state index in [0.717, 1.165) is 11.3 Å². The number of hydrogen-bond donors (Lipinski definition) is 0. The third kappa shape index (κ3) is 2.41. The Bertz CT molecular complexity index is 651. The van der Waals surface area contributed by atoms with E-state index >= 15 is 0 Å². The Morgan fingerprint density at radius 2 is 2.29 bits per heavy atom. The highest BCUT2D eigenvalue weighted by Crippen LogP contribution is 2.19. The summed E-state index contributed by atoms with van der Waals surface area (Å²) in [6.07, 6.45) is 0. The topological polar surface area (TPSA) is 45.8 Å². The quantitative estimate of drug-likeness (QED) is 0.837. The Balaban J connectivity index is 2.38. The number of halogens is 1. The van der Waals surface area contributed by atoms with E-state index in [9.17, 15) is 4.79 Å². The van der Waals surface area contributed by atoms with Crippen molar-refractivity contribution in [3.8, 4) is 6.07 Å². The Hall–Kier alpha value is -1.57. The molecule has 0 unspecified atom stereocenters. The smallest absolute Gasteiger partial charge is 0.299 e. The van der Waals surface area contributed by atoms with Crippen molar-refractivity contribution >= 4 is 22.9 Å². The second-order valence-electron chi connectivity index (χ2n) is 3.65. The fourth-order valence-corrected chi connectivity index (χ4v) is 2.49. The van der Waals surface area contributed by atoms with Crippen LogP contribution in [0.15, 0.2) is 28.4 Å². The van der Waals surface area contributed by atoms with Gasteiger partial charge in [-0.15, -0.1) is 0 Å². The summed E-state index contributed by atoms with van der Waals surface area (Å²) in [5.74, 6) is 0. The van der Waals surface area contributed by atoms with Gasteiger partial charge in [0.2, 0.25) is 0 Å². The molecule has 3 nitrogen and oxygen atoms in total. The molecule has 0 amide bonds. The van der Waals surface area contributed by atoms with Crippen molar-refractivity contribution in [1.29, 1.82) is 5.26 Å². The molecular formula is C12H9ClN2OS. The molecule has 0 atom stereocenters. The van der Waals surface area contributed by atoms with Crippen molar-refractivity contribution in [3.63, 3.8) is 0 Å². The van der Waals surface area contributed by atoms with Crippen molar-refractivity contribution in [3.05, 3.63) is 55.1 Å². The van der Waals surface area contributed by atoms with Gasteiger partial charge in [0, 0.05) is 16.1 Å². The first-order valence-corrected chi connectivity index (χ1v) is 6.21. The molecule has 0 N–H and O–H groups in total. The van der Waals surface area contributed by atoms with Crippen molar-refractivity contribution in [1.82, 2.24) is 4.57 Å². The lowest BCUT2D eigenvalue weighted by Crippen LogP contribution is -2.15. The first-order chi connectivity index (χ1) is 8.11. The van der Waals surface area contributed by atoms with Gasteiger partial charge in [0.15, 0.2) is 0 Å². The fraction of sp³-hybridized carbons (Fsp3) is 0.167. The van der Waals surface area contributed by atoms with Gasteiger partial charge in [-0.1, -0.05) is 29.0 Å². The van der Waals surface area contributed by atoms with Crippen LogP contribution in [0.4, 0.5) is 0 Å². The number of aromatic nitrogens is 1. The zero-order valence-electron chi connectivity index (χ0n) is 9.11. The van der Waals surface area contributed by atoms with Crippen LogP contribution in [0, 0.1) is 18.3 Å². The number of hydrogen-bond acceptors (Lipinski definition) is 3. The first-order valence-electron chi connectivity index (χ1n) is 4.95. The average Bonchev–Trinajstić information content (AvgIpc) is 2.63. The second kappa shape index (κ2) is 4.74. The summed E-state index contributed by atoms with van der Waals surface area (Å²) in [5, 5.41) is 11.1. The van der Waals surface area contributed by atoms with Crippen LogP contribution in [0.5, 0.6) is 0 Å². The summed E-state index contributed by atoms with van der Waals surface area (Å²) in [6.45, 7) is 2.33. The molecule has 17 heavy (non-hydrogen) atoms. The summed E-state index contributed by atoms with van der Waals surface area (Å²) in [4.78, 5) is 11.6. The van der Waals surface area contributed by atoms with Crippen molar-refractivity contribution < 1.29 is 0 Å². The molecule has 0 saturated heterocycles. The minimum atomic E-state index is 0.00271. The van der Waals surface area contributed by atoms with E-state index in [-0.39, 0.29) is 4.87 Å². The lowest BCUT2D eigenvalue weighted by molar-refractivity contribution is 0.755. The van der Waals surface area contributed by atoms with Gasteiger partial charge in [-0.25, -0.2) is 0 Å². The molecular weight excluding hydrogens is 256 g/mol. The maximum Gasteiger partial charge on any atom is 0.307 e. The summed E-state index contributed by atoms with van der Waals surface area (Å²) in [6, 6.07) is 7.12.